The summed E-state index contributed by atoms with van der Waals surface area (Å²) in [6, 6.07) is 15.5. The van der Waals surface area contributed by atoms with Gasteiger partial charge in [0.05, 0.1) is 16.3 Å². The number of rotatable bonds is 3. The summed E-state index contributed by atoms with van der Waals surface area (Å²) in [5.74, 6) is -0.0375. The number of aryl methyl sites for hydroxylation is 1. The van der Waals surface area contributed by atoms with Crippen LogP contribution >= 0.6 is 11.3 Å². The molecule has 2 aromatic carbocycles. The van der Waals surface area contributed by atoms with Crippen LogP contribution in [0.4, 0.5) is 5.69 Å². The Bertz CT molecular complexity index is 1060. The zero-order chi connectivity index (χ0) is 17.4. The van der Waals surface area contributed by atoms with Crippen molar-refractivity contribution in [2.75, 3.05) is 0 Å². The smallest absolute Gasteiger partial charge is 0.315 e. The van der Waals surface area contributed by atoms with E-state index in [4.69, 9.17) is 0 Å². The molecule has 0 radical (unpaired) electrons. The number of benzene rings is 2. The van der Waals surface area contributed by atoms with E-state index in [1.165, 1.54) is 10.1 Å². The monoisotopic (exact) mass is 348 g/mol. The lowest BCUT2D eigenvalue weighted by Gasteiger charge is -2.05. The molecule has 0 atom stereocenters. The van der Waals surface area contributed by atoms with Gasteiger partial charge in [0.15, 0.2) is 0 Å². The summed E-state index contributed by atoms with van der Waals surface area (Å²) in [5.41, 5.74) is 4.64. The van der Waals surface area contributed by atoms with Gasteiger partial charge in [-0.05, 0) is 36.3 Å². The molecule has 25 heavy (non-hydrogen) atoms. The van der Waals surface area contributed by atoms with Crippen LogP contribution in [-0.2, 0) is 6.42 Å². The molecule has 0 aliphatic carbocycles. The highest BCUT2D eigenvalue weighted by molar-refractivity contribution is 7.10. The van der Waals surface area contributed by atoms with E-state index in [9.17, 15) is 9.90 Å². The minimum absolute atomic E-state index is 0.0375. The van der Waals surface area contributed by atoms with E-state index in [2.05, 4.69) is 11.9 Å². The Labute approximate surface area is 149 Å². The Hall–Kier alpha value is -2.92. The van der Waals surface area contributed by atoms with Gasteiger partial charge in [0.1, 0.15) is 0 Å². The molecule has 0 unspecified atom stereocenters. The molecule has 1 aliphatic rings. The fourth-order valence-corrected chi connectivity index (χ4v) is 3.72. The molecule has 0 amide bonds. The van der Waals surface area contributed by atoms with Gasteiger partial charge in [-0.1, -0.05) is 48.6 Å². The topological polar surface area (TPSA) is 54.6 Å². The molecule has 1 aliphatic heterocycles. The minimum atomic E-state index is -0.211. The zero-order valence-electron chi connectivity index (χ0n) is 13.6. The van der Waals surface area contributed by atoms with Crippen LogP contribution in [0.5, 0.6) is 5.88 Å². The summed E-state index contributed by atoms with van der Waals surface area (Å²) < 4.78 is 1.34. The Morgan fingerprint density at radius 2 is 1.92 bits per heavy atom. The quantitative estimate of drug-likeness (QED) is 0.761. The van der Waals surface area contributed by atoms with E-state index in [0.717, 1.165) is 34.6 Å². The van der Waals surface area contributed by atoms with Crippen LogP contribution in [0.3, 0.4) is 0 Å². The van der Waals surface area contributed by atoms with Crippen molar-refractivity contribution in [1.29, 1.82) is 0 Å². The average molecular weight is 348 g/mol. The number of thiazole rings is 1. The van der Waals surface area contributed by atoms with Gasteiger partial charge >= 0.3 is 4.87 Å². The number of nitrogens with zero attached hydrogens (tertiary/aromatic N) is 2. The van der Waals surface area contributed by atoms with Crippen molar-refractivity contribution in [3.05, 3.63) is 74.2 Å². The summed E-state index contributed by atoms with van der Waals surface area (Å²) in [7, 11) is 0. The van der Waals surface area contributed by atoms with Gasteiger partial charge in [0.2, 0.25) is 5.88 Å². The van der Waals surface area contributed by atoms with Crippen LogP contribution in [0.1, 0.15) is 22.9 Å². The number of aliphatic imine (C=N–C) groups is 1. The molecule has 4 nitrogen and oxygen atoms in total. The fraction of sp³-hybridized carbons (Fsp3) is 0.100. The molecule has 0 spiro atoms. The third kappa shape index (κ3) is 2.72. The highest BCUT2D eigenvalue weighted by atomic mass is 32.1. The molecular weight excluding hydrogens is 332 g/mol. The second-order valence-electron chi connectivity index (χ2n) is 5.79. The maximum atomic E-state index is 12.4. The maximum Gasteiger partial charge on any atom is 0.315 e. The summed E-state index contributed by atoms with van der Waals surface area (Å²) in [6.45, 7) is 2.08. The Morgan fingerprint density at radius 1 is 1.16 bits per heavy atom. The third-order valence-corrected chi connectivity index (χ3v) is 5.14. The SMILES string of the molecule is CCc1ccc(-n2c(O)c(/C=C3\C=Nc4ccccc43)sc2=O)cc1. The predicted octanol–water partition coefficient (Wildman–Crippen LogP) is 4.42. The van der Waals surface area contributed by atoms with E-state index in [0.29, 0.717) is 10.6 Å². The molecule has 2 heterocycles. The third-order valence-electron chi connectivity index (χ3n) is 4.26. The fourth-order valence-electron chi connectivity index (χ4n) is 2.88. The second kappa shape index (κ2) is 6.18. The van der Waals surface area contributed by atoms with Crippen LogP contribution in [0.25, 0.3) is 17.3 Å². The molecule has 4 rings (SSSR count). The summed E-state index contributed by atoms with van der Waals surface area (Å²) >= 11 is 1.03. The van der Waals surface area contributed by atoms with Crippen LogP contribution < -0.4 is 4.87 Å². The average Bonchev–Trinajstić information content (AvgIpc) is 3.17. The van der Waals surface area contributed by atoms with E-state index in [1.807, 2.05) is 54.6 Å². The van der Waals surface area contributed by atoms with Crippen LogP contribution in [0, 0.1) is 0 Å². The molecule has 1 aromatic heterocycles. The van der Waals surface area contributed by atoms with Crippen LogP contribution in [-0.4, -0.2) is 15.9 Å². The Kier molecular flexibility index (Phi) is 3.86. The molecule has 0 saturated heterocycles. The van der Waals surface area contributed by atoms with Gasteiger partial charge in [0, 0.05) is 17.4 Å². The minimum Gasteiger partial charge on any atom is -0.493 e. The van der Waals surface area contributed by atoms with Gasteiger partial charge in [-0.3, -0.25) is 9.79 Å². The molecule has 0 saturated carbocycles. The van der Waals surface area contributed by atoms with Crippen LogP contribution in [0.2, 0.25) is 0 Å². The lowest BCUT2D eigenvalue weighted by molar-refractivity contribution is 0.440. The van der Waals surface area contributed by atoms with Gasteiger partial charge in [-0.25, -0.2) is 4.57 Å². The highest BCUT2D eigenvalue weighted by Gasteiger charge is 2.17. The number of hydrogen-bond donors (Lipinski definition) is 1. The first-order valence-electron chi connectivity index (χ1n) is 8.06. The molecule has 0 bridgehead atoms. The second-order valence-corrected chi connectivity index (χ2v) is 6.78. The van der Waals surface area contributed by atoms with Gasteiger partial charge in [0.25, 0.3) is 0 Å². The van der Waals surface area contributed by atoms with E-state index >= 15 is 0 Å². The summed E-state index contributed by atoms with van der Waals surface area (Å²) in [6.07, 6.45) is 4.50. The Balaban J connectivity index is 1.77. The predicted molar refractivity (Wildman–Crippen MR) is 103 cm³/mol. The zero-order valence-corrected chi connectivity index (χ0v) is 14.5. The van der Waals surface area contributed by atoms with Crippen molar-refractivity contribution < 1.29 is 5.11 Å². The van der Waals surface area contributed by atoms with Crippen molar-refractivity contribution in [2.45, 2.75) is 13.3 Å². The lowest BCUT2D eigenvalue weighted by Crippen LogP contribution is -2.09. The van der Waals surface area contributed by atoms with E-state index in [1.54, 1.807) is 6.21 Å². The number of para-hydroxylation sites is 1. The summed E-state index contributed by atoms with van der Waals surface area (Å²) in [4.78, 5) is 17.1. The van der Waals surface area contributed by atoms with E-state index < -0.39 is 0 Å². The van der Waals surface area contributed by atoms with Gasteiger partial charge < -0.3 is 5.11 Å². The molecular formula is C20H16N2O2S. The number of allylic oxidation sites excluding steroid dienone is 1. The highest BCUT2D eigenvalue weighted by Crippen LogP contribution is 2.34. The Morgan fingerprint density at radius 3 is 2.68 bits per heavy atom. The van der Waals surface area contributed by atoms with E-state index in [-0.39, 0.29) is 10.8 Å². The molecule has 124 valence electrons. The summed E-state index contributed by atoms with van der Waals surface area (Å²) in [5, 5.41) is 10.6. The molecule has 1 N–H and O–H groups in total. The van der Waals surface area contributed by atoms with Gasteiger partial charge in [-0.15, -0.1) is 0 Å². The largest absolute Gasteiger partial charge is 0.493 e. The van der Waals surface area contributed by atoms with Crippen molar-refractivity contribution in [2.24, 2.45) is 4.99 Å². The molecule has 3 aromatic rings. The normalized spacial score (nSPS) is 14.2. The first-order valence-corrected chi connectivity index (χ1v) is 8.88. The van der Waals surface area contributed by atoms with Crippen molar-refractivity contribution in [3.8, 4) is 11.6 Å². The van der Waals surface area contributed by atoms with Crippen molar-refractivity contribution >= 4 is 34.9 Å². The molecule has 5 heteroatoms. The number of aromatic hydroxyl groups is 1. The molecule has 0 fully saturated rings. The lowest BCUT2D eigenvalue weighted by atomic mass is 10.1. The van der Waals surface area contributed by atoms with Crippen LogP contribution in [0.15, 0.2) is 58.3 Å². The van der Waals surface area contributed by atoms with Gasteiger partial charge in [-0.2, -0.15) is 0 Å². The first-order chi connectivity index (χ1) is 12.2. The maximum absolute atomic E-state index is 12.4. The van der Waals surface area contributed by atoms with Crippen molar-refractivity contribution in [1.82, 2.24) is 4.57 Å². The first kappa shape index (κ1) is 15.6. The standard InChI is InChI=1S/C20H16N2O2S/c1-2-13-7-9-15(10-8-13)22-19(23)18(25-20(22)24)11-14-12-21-17-6-4-3-5-16(14)17/h3-12,23H,2H2,1H3/b14-11+. The number of fused-ring (bicyclic) bond motifs is 1. The number of hydrogen-bond acceptors (Lipinski definition) is 4. The van der Waals surface area contributed by atoms with Crippen molar-refractivity contribution in [3.63, 3.8) is 0 Å². The number of aromatic nitrogens is 1.